The molecule has 7 heteroatoms. The molecule has 2 aromatic rings. The van der Waals surface area contributed by atoms with Crippen molar-refractivity contribution in [1.82, 2.24) is 15.6 Å². The van der Waals surface area contributed by atoms with E-state index in [9.17, 15) is 4.79 Å². The van der Waals surface area contributed by atoms with E-state index in [1.165, 1.54) is 0 Å². The Morgan fingerprint density at radius 2 is 2.19 bits per heavy atom. The molecule has 1 aromatic carbocycles. The van der Waals surface area contributed by atoms with Crippen LogP contribution in [0.15, 0.2) is 47.6 Å². The fourth-order valence-electron chi connectivity index (χ4n) is 3.08. The SMILES string of the molecule is CCNC(=NCc1ccnc(OC)c1)NCC1CC(=O)Nc2ccccc21. The van der Waals surface area contributed by atoms with Gasteiger partial charge in [-0.25, -0.2) is 9.98 Å². The molecule has 0 spiro atoms. The number of ether oxygens (including phenoxy) is 1. The topological polar surface area (TPSA) is 87.6 Å². The van der Waals surface area contributed by atoms with E-state index in [1.54, 1.807) is 13.3 Å². The van der Waals surface area contributed by atoms with Gasteiger partial charge >= 0.3 is 0 Å². The molecule has 0 radical (unpaired) electrons. The van der Waals surface area contributed by atoms with Gasteiger partial charge in [-0.05, 0) is 30.2 Å². The first-order chi connectivity index (χ1) is 13.2. The molecule has 7 nitrogen and oxygen atoms in total. The van der Waals surface area contributed by atoms with Crippen LogP contribution in [0.2, 0.25) is 0 Å². The molecule has 3 N–H and O–H groups in total. The minimum absolute atomic E-state index is 0.0475. The second-order valence-electron chi connectivity index (χ2n) is 6.32. The van der Waals surface area contributed by atoms with Gasteiger partial charge in [0.25, 0.3) is 0 Å². The summed E-state index contributed by atoms with van der Waals surface area (Å²) < 4.78 is 5.15. The van der Waals surface area contributed by atoms with Crippen LogP contribution in [0, 0.1) is 0 Å². The lowest BCUT2D eigenvalue weighted by Gasteiger charge is -2.26. The van der Waals surface area contributed by atoms with Crippen molar-refractivity contribution in [3.05, 3.63) is 53.7 Å². The van der Waals surface area contributed by atoms with Crippen LogP contribution in [-0.2, 0) is 11.3 Å². The highest BCUT2D eigenvalue weighted by atomic mass is 16.5. The van der Waals surface area contributed by atoms with E-state index >= 15 is 0 Å². The fraction of sp³-hybridized carbons (Fsp3) is 0.350. The van der Waals surface area contributed by atoms with Gasteiger partial charge in [0.15, 0.2) is 5.96 Å². The summed E-state index contributed by atoms with van der Waals surface area (Å²) >= 11 is 0. The summed E-state index contributed by atoms with van der Waals surface area (Å²) in [5.41, 5.74) is 3.06. The van der Waals surface area contributed by atoms with Crippen molar-refractivity contribution in [3.63, 3.8) is 0 Å². The lowest BCUT2D eigenvalue weighted by atomic mass is 9.90. The van der Waals surface area contributed by atoms with Gasteiger partial charge in [0.05, 0.1) is 13.7 Å². The van der Waals surface area contributed by atoms with Crippen molar-refractivity contribution in [1.29, 1.82) is 0 Å². The van der Waals surface area contributed by atoms with Gasteiger partial charge in [-0.15, -0.1) is 0 Å². The van der Waals surface area contributed by atoms with Crippen molar-refractivity contribution < 1.29 is 9.53 Å². The van der Waals surface area contributed by atoms with E-state index in [2.05, 4.69) is 32.0 Å². The average molecular weight is 367 g/mol. The van der Waals surface area contributed by atoms with Gasteiger partial charge in [0.1, 0.15) is 0 Å². The number of amides is 1. The predicted molar refractivity (Wildman–Crippen MR) is 106 cm³/mol. The number of methoxy groups -OCH3 is 1. The van der Waals surface area contributed by atoms with Crippen molar-refractivity contribution in [2.45, 2.75) is 25.8 Å². The third kappa shape index (κ3) is 4.97. The molecule has 1 unspecified atom stereocenters. The Hall–Kier alpha value is -3.09. The fourth-order valence-corrected chi connectivity index (χ4v) is 3.08. The molecule has 0 fully saturated rings. The van der Waals surface area contributed by atoms with Gasteiger partial charge in [-0.1, -0.05) is 18.2 Å². The Morgan fingerprint density at radius 1 is 1.33 bits per heavy atom. The van der Waals surface area contributed by atoms with Gasteiger partial charge in [0.2, 0.25) is 11.8 Å². The number of pyridine rings is 1. The first kappa shape index (κ1) is 18.7. The number of nitrogens with one attached hydrogen (secondary N) is 3. The number of aromatic nitrogens is 1. The second kappa shape index (κ2) is 9.02. The molecule has 1 amide bonds. The van der Waals surface area contributed by atoms with Crippen LogP contribution in [0.5, 0.6) is 5.88 Å². The summed E-state index contributed by atoms with van der Waals surface area (Å²) in [7, 11) is 1.60. The maximum absolute atomic E-state index is 12.0. The molecule has 0 saturated carbocycles. The highest BCUT2D eigenvalue weighted by molar-refractivity contribution is 5.94. The number of rotatable bonds is 6. The summed E-state index contributed by atoms with van der Waals surface area (Å²) in [6, 6.07) is 11.7. The number of guanidine groups is 1. The number of carbonyl (C=O) groups is 1. The summed E-state index contributed by atoms with van der Waals surface area (Å²) in [6.45, 7) is 3.93. The van der Waals surface area contributed by atoms with Crippen LogP contribution in [-0.4, -0.2) is 37.1 Å². The zero-order valence-corrected chi connectivity index (χ0v) is 15.7. The number of fused-ring (bicyclic) bond motifs is 1. The molecular weight excluding hydrogens is 342 g/mol. The van der Waals surface area contributed by atoms with Crippen molar-refractivity contribution in [3.8, 4) is 5.88 Å². The first-order valence-corrected chi connectivity index (χ1v) is 9.09. The summed E-state index contributed by atoms with van der Waals surface area (Å²) in [5.74, 6) is 1.45. The standard InChI is InChI=1S/C20H25N5O2/c1-3-21-20(23-12-14-8-9-22-19(10-14)27-2)24-13-15-11-18(26)25-17-7-5-4-6-16(15)17/h4-10,15H,3,11-13H2,1-2H3,(H,25,26)(H2,21,23,24). The Bertz CT molecular complexity index is 822. The third-order valence-electron chi connectivity index (χ3n) is 4.39. The lowest BCUT2D eigenvalue weighted by molar-refractivity contribution is -0.116. The van der Waals surface area contributed by atoms with Crippen LogP contribution < -0.4 is 20.7 Å². The number of aliphatic imine (C=N–C) groups is 1. The van der Waals surface area contributed by atoms with E-state index < -0.39 is 0 Å². The molecular formula is C20H25N5O2. The quantitative estimate of drug-likeness (QED) is 0.538. The minimum atomic E-state index is 0.0475. The largest absolute Gasteiger partial charge is 0.481 e. The van der Waals surface area contributed by atoms with E-state index in [0.717, 1.165) is 29.3 Å². The maximum Gasteiger partial charge on any atom is 0.225 e. The van der Waals surface area contributed by atoms with Crippen LogP contribution in [0.1, 0.15) is 30.4 Å². The molecule has 0 bridgehead atoms. The monoisotopic (exact) mass is 367 g/mol. The molecule has 1 atom stereocenters. The Kier molecular flexibility index (Phi) is 6.25. The van der Waals surface area contributed by atoms with Gasteiger partial charge in [-0.2, -0.15) is 0 Å². The van der Waals surface area contributed by atoms with Gasteiger partial charge in [-0.3, -0.25) is 4.79 Å². The second-order valence-corrected chi connectivity index (χ2v) is 6.32. The minimum Gasteiger partial charge on any atom is -0.481 e. The Balaban J connectivity index is 1.67. The van der Waals surface area contributed by atoms with E-state index in [0.29, 0.717) is 25.4 Å². The number of para-hydroxylation sites is 1. The van der Waals surface area contributed by atoms with Crippen LogP contribution in [0.25, 0.3) is 0 Å². The van der Waals surface area contributed by atoms with E-state index in [4.69, 9.17) is 4.74 Å². The molecule has 2 heterocycles. The Morgan fingerprint density at radius 3 is 3.00 bits per heavy atom. The zero-order chi connectivity index (χ0) is 19.1. The predicted octanol–water partition coefficient (Wildman–Crippen LogP) is 2.27. The molecule has 0 aliphatic carbocycles. The molecule has 27 heavy (non-hydrogen) atoms. The van der Waals surface area contributed by atoms with Crippen LogP contribution >= 0.6 is 0 Å². The molecule has 1 aliphatic rings. The number of benzene rings is 1. The maximum atomic E-state index is 12.0. The van der Waals surface area contributed by atoms with Crippen molar-refractivity contribution in [2.75, 3.05) is 25.5 Å². The molecule has 1 aromatic heterocycles. The molecule has 1 aliphatic heterocycles. The average Bonchev–Trinajstić information content (AvgIpc) is 2.70. The highest BCUT2D eigenvalue weighted by Crippen LogP contribution is 2.31. The molecule has 142 valence electrons. The normalized spacial score (nSPS) is 16.3. The first-order valence-electron chi connectivity index (χ1n) is 9.09. The number of nitrogens with zero attached hydrogens (tertiary/aromatic N) is 2. The summed E-state index contributed by atoms with van der Waals surface area (Å²) in [6.07, 6.45) is 2.17. The van der Waals surface area contributed by atoms with Crippen LogP contribution in [0.4, 0.5) is 5.69 Å². The molecule has 0 saturated heterocycles. The van der Waals surface area contributed by atoms with E-state index in [1.807, 2.05) is 37.3 Å². The Labute approximate surface area is 159 Å². The zero-order valence-electron chi connectivity index (χ0n) is 15.7. The summed E-state index contributed by atoms with van der Waals surface area (Å²) in [4.78, 5) is 20.7. The smallest absolute Gasteiger partial charge is 0.225 e. The van der Waals surface area contributed by atoms with Crippen LogP contribution in [0.3, 0.4) is 0 Å². The van der Waals surface area contributed by atoms with Gasteiger partial charge in [0, 0.05) is 43.4 Å². The lowest BCUT2D eigenvalue weighted by Crippen LogP contribution is -2.40. The summed E-state index contributed by atoms with van der Waals surface area (Å²) in [5, 5.41) is 9.54. The third-order valence-corrected chi connectivity index (χ3v) is 4.39. The molecule has 3 rings (SSSR count). The van der Waals surface area contributed by atoms with E-state index in [-0.39, 0.29) is 11.8 Å². The number of hydrogen-bond donors (Lipinski definition) is 3. The number of hydrogen-bond acceptors (Lipinski definition) is 4. The number of carbonyl (C=O) groups excluding carboxylic acids is 1. The highest BCUT2D eigenvalue weighted by Gasteiger charge is 2.24. The van der Waals surface area contributed by atoms with Crippen molar-refractivity contribution in [2.24, 2.45) is 4.99 Å². The van der Waals surface area contributed by atoms with Gasteiger partial charge < -0.3 is 20.7 Å². The number of anilines is 1. The van der Waals surface area contributed by atoms with Crippen molar-refractivity contribution >= 4 is 17.6 Å².